The van der Waals surface area contributed by atoms with Crippen LogP contribution in [0.4, 0.5) is 10.5 Å². The van der Waals surface area contributed by atoms with E-state index >= 15 is 0 Å². The fraction of sp³-hybridized carbons (Fsp3) is 0.348. The van der Waals surface area contributed by atoms with Gasteiger partial charge in [-0.25, -0.2) is 4.79 Å². The number of aromatic nitrogens is 1. The summed E-state index contributed by atoms with van der Waals surface area (Å²) in [6.07, 6.45) is 3.04. The van der Waals surface area contributed by atoms with E-state index < -0.39 is 0 Å². The number of anilines is 1. The van der Waals surface area contributed by atoms with Crippen LogP contribution in [0.15, 0.2) is 36.5 Å². The van der Waals surface area contributed by atoms with Crippen LogP contribution in [-0.4, -0.2) is 43.4 Å². The lowest BCUT2D eigenvalue weighted by atomic mass is 10.1. The fourth-order valence-corrected chi connectivity index (χ4v) is 4.17. The number of urea groups is 1. The zero-order chi connectivity index (χ0) is 21.3. The van der Waals surface area contributed by atoms with Crippen molar-refractivity contribution in [3.05, 3.63) is 47.7 Å². The van der Waals surface area contributed by atoms with Crippen LogP contribution in [0.5, 0.6) is 17.2 Å². The lowest BCUT2D eigenvalue weighted by Gasteiger charge is -2.22. The average Bonchev–Trinajstić information content (AvgIpc) is 3.02. The number of methoxy groups -OCH3 is 3. The number of nitrogens with zero attached hydrogens (tertiary/aromatic N) is 2. The van der Waals surface area contributed by atoms with Crippen LogP contribution < -0.4 is 19.5 Å². The predicted molar refractivity (Wildman–Crippen MR) is 117 cm³/mol. The Bertz CT molecular complexity index is 1060. The summed E-state index contributed by atoms with van der Waals surface area (Å²) < 4.78 is 18.4. The maximum absolute atomic E-state index is 13.1. The van der Waals surface area contributed by atoms with E-state index in [1.165, 1.54) is 22.0 Å². The highest BCUT2D eigenvalue weighted by atomic mass is 16.5. The number of benzene rings is 2. The zero-order valence-electron chi connectivity index (χ0n) is 17.8. The molecule has 1 aliphatic heterocycles. The average molecular weight is 409 g/mol. The van der Waals surface area contributed by atoms with Gasteiger partial charge in [0.2, 0.25) is 5.75 Å². The SMILES string of the molecule is CCn1cc2c3c(cccc31)CN(C(=O)Nc1cc(OC)c(OC)c(OC)c1)CC2. The Morgan fingerprint density at radius 3 is 2.43 bits per heavy atom. The fourth-order valence-electron chi connectivity index (χ4n) is 4.17. The molecule has 0 saturated heterocycles. The smallest absolute Gasteiger partial charge is 0.322 e. The van der Waals surface area contributed by atoms with E-state index in [1.807, 2.05) is 4.90 Å². The highest BCUT2D eigenvalue weighted by molar-refractivity contribution is 5.92. The van der Waals surface area contributed by atoms with Crippen LogP contribution in [0.3, 0.4) is 0 Å². The molecule has 7 heteroatoms. The number of amides is 2. The summed E-state index contributed by atoms with van der Waals surface area (Å²) in [4.78, 5) is 14.9. The summed E-state index contributed by atoms with van der Waals surface area (Å²) in [7, 11) is 4.66. The van der Waals surface area contributed by atoms with E-state index in [1.54, 1.807) is 33.5 Å². The number of hydrogen-bond acceptors (Lipinski definition) is 4. The Balaban J connectivity index is 1.59. The van der Waals surface area contributed by atoms with Crippen LogP contribution in [0.1, 0.15) is 18.1 Å². The Morgan fingerprint density at radius 1 is 1.07 bits per heavy atom. The van der Waals surface area contributed by atoms with Gasteiger partial charge in [-0.3, -0.25) is 0 Å². The first-order valence-electron chi connectivity index (χ1n) is 10.0. The van der Waals surface area contributed by atoms with E-state index in [2.05, 4.69) is 41.2 Å². The van der Waals surface area contributed by atoms with Crippen molar-refractivity contribution in [3.63, 3.8) is 0 Å². The molecular formula is C23H27N3O4. The number of rotatable bonds is 5. The van der Waals surface area contributed by atoms with Gasteiger partial charge in [0.05, 0.1) is 27.0 Å². The van der Waals surface area contributed by atoms with Crippen LogP contribution in [-0.2, 0) is 19.5 Å². The van der Waals surface area contributed by atoms with Crippen LogP contribution >= 0.6 is 0 Å². The molecular weight excluding hydrogens is 382 g/mol. The molecule has 4 rings (SSSR count). The first-order valence-corrected chi connectivity index (χ1v) is 10.0. The molecule has 0 fully saturated rings. The summed E-state index contributed by atoms with van der Waals surface area (Å²) in [6.45, 7) is 4.30. The zero-order valence-corrected chi connectivity index (χ0v) is 17.8. The van der Waals surface area contributed by atoms with Gasteiger partial charge in [0.1, 0.15) is 0 Å². The van der Waals surface area contributed by atoms with E-state index in [0.717, 1.165) is 13.0 Å². The lowest BCUT2D eigenvalue weighted by molar-refractivity contribution is 0.210. The minimum atomic E-state index is -0.158. The predicted octanol–water partition coefficient (Wildman–Crippen LogP) is 4.28. The number of hydrogen-bond donors (Lipinski definition) is 1. The van der Waals surface area contributed by atoms with Crippen molar-refractivity contribution in [2.24, 2.45) is 0 Å². The second kappa shape index (κ2) is 8.18. The summed E-state index contributed by atoms with van der Waals surface area (Å²) >= 11 is 0. The molecule has 3 aromatic rings. The van der Waals surface area contributed by atoms with E-state index in [9.17, 15) is 4.79 Å². The standard InChI is InChI=1S/C23H27N3O4/c1-5-25-13-16-9-10-26(14-15-7-6-8-18(25)21(15)16)23(27)24-17-11-19(28-2)22(30-4)20(12-17)29-3/h6-8,11-13H,5,9-10,14H2,1-4H3,(H,24,27). The van der Waals surface area contributed by atoms with Crippen molar-refractivity contribution in [3.8, 4) is 17.2 Å². The van der Waals surface area contributed by atoms with Crippen molar-refractivity contribution in [2.75, 3.05) is 33.2 Å². The van der Waals surface area contributed by atoms with E-state index in [0.29, 0.717) is 36.0 Å². The molecule has 0 unspecified atom stereocenters. The van der Waals surface area contributed by atoms with Crippen LogP contribution in [0.25, 0.3) is 10.9 Å². The molecule has 30 heavy (non-hydrogen) atoms. The minimum absolute atomic E-state index is 0.158. The van der Waals surface area contributed by atoms with Gasteiger partial charge in [-0.2, -0.15) is 0 Å². The van der Waals surface area contributed by atoms with Gasteiger partial charge in [0, 0.05) is 48.9 Å². The van der Waals surface area contributed by atoms with Gasteiger partial charge in [0.15, 0.2) is 11.5 Å². The maximum atomic E-state index is 13.1. The molecule has 2 aromatic carbocycles. The van der Waals surface area contributed by atoms with Crippen molar-refractivity contribution in [1.29, 1.82) is 0 Å². The first kappa shape index (κ1) is 19.9. The Hall–Kier alpha value is -3.35. The van der Waals surface area contributed by atoms with Gasteiger partial charge in [0.25, 0.3) is 0 Å². The molecule has 1 aromatic heterocycles. The van der Waals surface area contributed by atoms with Gasteiger partial charge in [-0.15, -0.1) is 0 Å². The molecule has 1 N–H and O–H groups in total. The third-order valence-corrected chi connectivity index (χ3v) is 5.63. The largest absolute Gasteiger partial charge is 0.493 e. The molecule has 0 atom stereocenters. The topological polar surface area (TPSA) is 65.0 Å². The normalized spacial score (nSPS) is 13.1. The van der Waals surface area contributed by atoms with Crippen molar-refractivity contribution in [1.82, 2.24) is 9.47 Å². The van der Waals surface area contributed by atoms with Gasteiger partial charge in [-0.1, -0.05) is 12.1 Å². The molecule has 0 bridgehead atoms. The number of aryl methyl sites for hydroxylation is 1. The summed E-state index contributed by atoms with van der Waals surface area (Å²) in [5.74, 6) is 1.49. The van der Waals surface area contributed by atoms with Crippen molar-refractivity contribution >= 4 is 22.6 Å². The Labute approximate surface area is 176 Å². The lowest BCUT2D eigenvalue weighted by Crippen LogP contribution is -2.35. The molecule has 0 radical (unpaired) electrons. The third-order valence-electron chi connectivity index (χ3n) is 5.63. The second-order valence-electron chi connectivity index (χ2n) is 7.27. The summed E-state index contributed by atoms with van der Waals surface area (Å²) in [6, 6.07) is 9.63. The maximum Gasteiger partial charge on any atom is 0.322 e. The van der Waals surface area contributed by atoms with Gasteiger partial charge >= 0.3 is 6.03 Å². The first-order chi connectivity index (χ1) is 14.6. The molecule has 2 amide bonds. The number of ether oxygens (including phenoxy) is 3. The van der Waals surface area contributed by atoms with Crippen LogP contribution in [0, 0.1) is 0 Å². The molecule has 2 heterocycles. The number of nitrogens with one attached hydrogen (secondary N) is 1. The molecule has 7 nitrogen and oxygen atoms in total. The summed E-state index contributed by atoms with van der Waals surface area (Å²) in [5, 5.41) is 4.26. The van der Waals surface area contributed by atoms with Crippen LogP contribution in [0.2, 0.25) is 0 Å². The van der Waals surface area contributed by atoms with E-state index in [4.69, 9.17) is 14.2 Å². The molecule has 0 saturated carbocycles. The summed E-state index contributed by atoms with van der Waals surface area (Å²) in [5.41, 5.74) is 4.29. The Kier molecular flexibility index (Phi) is 5.44. The quantitative estimate of drug-likeness (QED) is 0.683. The third kappa shape index (κ3) is 3.40. The van der Waals surface area contributed by atoms with Gasteiger partial charge in [-0.05, 0) is 30.5 Å². The second-order valence-corrected chi connectivity index (χ2v) is 7.27. The number of carbonyl (C=O) groups is 1. The monoisotopic (exact) mass is 409 g/mol. The van der Waals surface area contributed by atoms with Crippen molar-refractivity contribution < 1.29 is 19.0 Å². The molecule has 1 aliphatic rings. The molecule has 158 valence electrons. The Morgan fingerprint density at radius 2 is 1.80 bits per heavy atom. The number of carbonyl (C=O) groups excluding carboxylic acids is 1. The molecule has 0 spiro atoms. The van der Waals surface area contributed by atoms with Gasteiger partial charge < -0.3 is 29.0 Å². The highest BCUT2D eigenvalue weighted by Crippen LogP contribution is 2.40. The van der Waals surface area contributed by atoms with Crippen molar-refractivity contribution in [2.45, 2.75) is 26.4 Å². The molecule has 0 aliphatic carbocycles. The minimum Gasteiger partial charge on any atom is -0.493 e. The highest BCUT2D eigenvalue weighted by Gasteiger charge is 2.23. The van der Waals surface area contributed by atoms with E-state index in [-0.39, 0.29) is 6.03 Å².